The van der Waals surface area contributed by atoms with Crippen molar-refractivity contribution in [1.29, 1.82) is 0 Å². The van der Waals surface area contributed by atoms with Gasteiger partial charge in [-0.05, 0) is 19.8 Å². The van der Waals surface area contributed by atoms with Gasteiger partial charge < -0.3 is 14.9 Å². The molecular weight excluding hydrogens is 328 g/mol. The van der Waals surface area contributed by atoms with Crippen LogP contribution in [0.1, 0.15) is 19.8 Å². The predicted molar refractivity (Wildman–Crippen MR) is 81.7 cm³/mol. The van der Waals surface area contributed by atoms with Crippen LogP contribution in [-0.4, -0.2) is 91.0 Å². The third-order valence-electron chi connectivity index (χ3n) is 3.93. The van der Waals surface area contributed by atoms with E-state index < -0.39 is 22.0 Å². The maximum absolute atomic E-state index is 11.7. The molecule has 2 aliphatic rings. The number of hydrogen-bond donors (Lipinski definition) is 2. The van der Waals surface area contributed by atoms with E-state index in [1.165, 1.54) is 0 Å². The number of carboxylic acid groups (broad SMARTS) is 2. The smallest absolute Gasteiger partial charge is 0.414 e. The topological polar surface area (TPSA) is 124 Å². The molecule has 0 radical (unpaired) electrons. The maximum Gasteiger partial charge on any atom is 0.414 e. The lowest BCUT2D eigenvalue weighted by Gasteiger charge is -2.39. The molecule has 0 aromatic carbocycles. The number of piperidine rings is 1. The molecule has 0 spiro atoms. The van der Waals surface area contributed by atoms with Crippen molar-refractivity contribution in [1.82, 2.24) is 9.21 Å². The van der Waals surface area contributed by atoms with E-state index in [9.17, 15) is 8.42 Å². The average Bonchev–Trinajstić information content (AvgIpc) is 2.56. The van der Waals surface area contributed by atoms with Crippen LogP contribution in [0.4, 0.5) is 0 Å². The van der Waals surface area contributed by atoms with Crippen molar-refractivity contribution in [2.45, 2.75) is 25.8 Å². The van der Waals surface area contributed by atoms with Crippen molar-refractivity contribution in [3.63, 3.8) is 0 Å². The fourth-order valence-electron chi connectivity index (χ4n) is 2.61. The van der Waals surface area contributed by atoms with Crippen LogP contribution in [0.15, 0.2) is 0 Å². The Bertz CT molecular complexity index is 482. The fourth-order valence-corrected chi connectivity index (χ4v) is 3.74. The number of nitrogens with zero attached hydrogens (tertiary/aromatic N) is 2. The minimum absolute atomic E-state index is 0.217. The molecule has 2 N–H and O–H groups in total. The second kappa shape index (κ2) is 9.16. The maximum atomic E-state index is 11.7. The highest BCUT2D eigenvalue weighted by atomic mass is 32.2. The van der Waals surface area contributed by atoms with Gasteiger partial charge >= 0.3 is 11.9 Å². The Morgan fingerprint density at radius 3 is 1.91 bits per heavy atom. The summed E-state index contributed by atoms with van der Waals surface area (Å²) in [6.07, 6.45) is 1.92. The lowest BCUT2D eigenvalue weighted by Crippen LogP contribution is -2.50. The van der Waals surface area contributed by atoms with Crippen LogP contribution in [0.25, 0.3) is 0 Å². The van der Waals surface area contributed by atoms with Crippen molar-refractivity contribution >= 4 is 22.0 Å². The van der Waals surface area contributed by atoms with Crippen molar-refractivity contribution in [2.75, 3.05) is 45.1 Å². The third-order valence-corrected chi connectivity index (χ3v) is 5.81. The van der Waals surface area contributed by atoms with Crippen molar-refractivity contribution in [3.05, 3.63) is 0 Å². The molecule has 0 aromatic heterocycles. The summed E-state index contributed by atoms with van der Waals surface area (Å²) in [6, 6.07) is 0.544. The summed E-state index contributed by atoms with van der Waals surface area (Å²) in [7, 11) is -2.99. The largest absolute Gasteiger partial charge is 0.473 e. The second-order valence-electron chi connectivity index (χ2n) is 5.29. The van der Waals surface area contributed by atoms with Crippen molar-refractivity contribution in [2.24, 2.45) is 0 Å². The van der Waals surface area contributed by atoms with E-state index in [1.54, 1.807) is 11.2 Å². The number of ether oxygens (including phenoxy) is 1. The summed E-state index contributed by atoms with van der Waals surface area (Å²) in [6.45, 7) is 6.68. The first-order chi connectivity index (χ1) is 10.8. The van der Waals surface area contributed by atoms with Gasteiger partial charge in [-0.15, -0.1) is 0 Å². The number of rotatable bonds is 3. The number of morpholine rings is 1. The third kappa shape index (κ3) is 6.42. The van der Waals surface area contributed by atoms with Gasteiger partial charge in [-0.25, -0.2) is 22.3 Å². The van der Waals surface area contributed by atoms with Crippen LogP contribution in [0, 0.1) is 0 Å². The summed E-state index contributed by atoms with van der Waals surface area (Å²) in [4.78, 5) is 20.6. The molecule has 0 atom stereocenters. The van der Waals surface area contributed by atoms with Crippen LogP contribution in [0.2, 0.25) is 0 Å². The average molecular weight is 352 g/mol. The van der Waals surface area contributed by atoms with Gasteiger partial charge in [0.25, 0.3) is 0 Å². The van der Waals surface area contributed by atoms with Crippen LogP contribution in [0.5, 0.6) is 0 Å². The second-order valence-corrected chi connectivity index (χ2v) is 7.55. The molecule has 0 saturated carbocycles. The van der Waals surface area contributed by atoms with Gasteiger partial charge in [0.05, 0.1) is 19.0 Å². The molecule has 9 nitrogen and oxygen atoms in total. The number of hydrogen-bond acceptors (Lipinski definition) is 6. The van der Waals surface area contributed by atoms with E-state index in [4.69, 9.17) is 24.5 Å². The zero-order chi connectivity index (χ0) is 17.5. The molecule has 10 heteroatoms. The minimum Gasteiger partial charge on any atom is -0.473 e. The Morgan fingerprint density at radius 2 is 1.52 bits per heavy atom. The van der Waals surface area contributed by atoms with E-state index in [0.717, 1.165) is 39.1 Å². The number of aliphatic carboxylic acids is 2. The molecule has 2 fully saturated rings. The minimum atomic E-state index is -2.99. The van der Waals surface area contributed by atoms with Crippen molar-refractivity contribution in [3.8, 4) is 0 Å². The Morgan fingerprint density at radius 1 is 1.04 bits per heavy atom. The lowest BCUT2D eigenvalue weighted by molar-refractivity contribution is -0.159. The summed E-state index contributed by atoms with van der Waals surface area (Å²) < 4.78 is 30.4. The fraction of sp³-hybridized carbons (Fsp3) is 0.846. The van der Waals surface area contributed by atoms with Crippen LogP contribution in [-0.2, 0) is 24.3 Å². The van der Waals surface area contributed by atoms with Gasteiger partial charge in [-0.3, -0.25) is 4.90 Å². The predicted octanol–water partition coefficient (Wildman–Crippen LogP) is -0.712. The highest BCUT2D eigenvalue weighted by molar-refractivity contribution is 7.89. The van der Waals surface area contributed by atoms with E-state index in [2.05, 4.69) is 4.90 Å². The molecule has 0 amide bonds. The van der Waals surface area contributed by atoms with Gasteiger partial charge in [0.1, 0.15) is 0 Å². The molecular formula is C13H24N2O7S. The first-order valence-electron chi connectivity index (χ1n) is 7.53. The van der Waals surface area contributed by atoms with Crippen LogP contribution >= 0.6 is 0 Å². The van der Waals surface area contributed by atoms with Gasteiger partial charge in [0.15, 0.2) is 0 Å². The summed E-state index contributed by atoms with van der Waals surface area (Å²) in [5, 5.41) is 14.8. The molecule has 2 saturated heterocycles. The SMILES string of the molecule is CCS(=O)(=O)N1CCC(N2CCOCC2)CC1.O=C(O)C(=O)O. The molecule has 2 aliphatic heterocycles. The van der Waals surface area contributed by atoms with E-state index >= 15 is 0 Å². The standard InChI is InChI=1S/C11H22N2O3S.C2H2O4/c1-2-17(14,15)13-5-3-11(4-6-13)12-7-9-16-10-8-12;3-1(4)2(5)6/h11H,2-10H2,1H3;(H,3,4)(H,5,6). The van der Waals surface area contributed by atoms with Crippen molar-refractivity contribution < 1.29 is 33.0 Å². The number of carboxylic acids is 2. The van der Waals surface area contributed by atoms with E-state index in [1.807, 2.05) is 0 Å². The number of sulfonamides is 1. The summed E-state index contributed by atoms with van der Waals surface area (Å²) >= 11 is 0. The lowest BCUT2D eigenvalue weighted by atomic mass is 10.0. The van der Waals surface area contributed by atoms with Gasteiger partial charge in [0, 0.05) is 32.2 Å². The Hall–Kier alpha value is -1.23. The van der Waals surface area contributed by atoms with Gasteiger partial charge in [-0.1, -0.05) is 0 Å². The van der Waals surface area contributed by atoms with Gasteiger partial charge in [0.2, 0.25) is 10.0 Å². The first kappa shape index (κ1) is 19.8. The molecule has 23 heavy (non-hydrogen) atoms. The summed E-state index contributed by atoms with van der Waals surface area (Å²) in [5.74, 6) is -3.43. The highest BCUT2D eigenvalue weighted by Gasteiger charge is 2.30. The molecule has 0 aliphatic carbocycles. The van der Waals surface area contributed by atoms with Crippen LogP contribution in [0.3, 0.4) is 0 Å². The molecule has 2 rings (SSSR count). The zero-order valence-corrected chi connectivity index (χ0v) is 14.0. The Kier molecular flexibility index (Phi) is 7.89. The Labute approximate surface area is 135 Å². The quantitative estimate of drug-likeness (QED) is 0.638. The van der Waals surface area contributed by atoms with Gasteiger partial charge in [-0.2, -0.15) is 0 Å². The normalized spacial score (nSPS) is 21.3. The molecule has 0 unspecified atom stereocenters. The zero-order valence-electron chi connectivity index (χ0n) is 13.2. The first-order valence-corrected chi connectivity index (χ1v) is 9.14. The molecule has 134 valence electrons. The number of carbonyl (C=O) groups is 2. The van der Waals surface area contributed by atoms with E-state index in [-0.39, 0.29) is 5.75 Å². The highest BCUT2D eigenvalue weighted by Crippen LogP contribution is 2.19. The molecule has 0 aromatic rings. The summed E-state index contributed by atoms with van der Waals surface area (Å²) in [5.41, 5.74) is 0. The van der Waals surface area contributed by atoms with E-state index in [0.29, 0.717) is 19.1 Å². The monoisotopic (exact) mass is 352 g/mol. The molecule has 0 bridgehead atoms. The van der Waals surface area contributed by atoms with Crippen LogP contribution < -0.4 is 0 Å². The Balaban J connectivity index is 0.000000379. The molecule has 2 heterocycles.